The molecule has 36 heavy (non-hydrogen) atoms. The van der Waals surface area contributed by atoms with E-state index in [1.165, 1.54) is 6.92 Å². The van der Waals surface area contributed by atoms with Crippen LogP contribution in [-0.4, -0.2) is 23.0 Å². The molecule has 0 bridgehead atoms. The molecule has 0 aliphatic heterocycles. The topological polar surface area (TPSA) is 92.7 Å². The predicted octanol–water partition coefficient (Wildman–Crippen LogP) is 5.60. The second-order valence-electron chi connectivity index (χ2n) is 9.06. The Labute approximate surface area is 208 Å². The van der Waals surface area contributed by atoms with Crippen molar-refractivity contribution in [3.63, 3.8) is 0 Å². The maximum absolute atomic E-state index is 13.7. The van der Waals surface area contributed by atoms with Gasteiger partial charge in [0.25, 0.3) is 0 Å². The van der Waals surface area contributed by atoms with Gasteiger partial charge in [0.15, 0.2) is 0 Å². The molecular weight excluding hydrogens is 454 g/mol. The van der Waals surface area contributed by atoms with E-state index in [4.69, 9.17) is 4.74 Å². The lowest BCUT2D eigenvalue weighted by Crippen LogP contribution is -2.52. The molecule has 5 rings (SSSR count). The van der Waals surface area contributed by atoms with Crippen LogP contribution in [0, 0.1) is 11.8 Å². The van der Waals surface area contributed by atoms with Crippen molar-refractivity contribution in [3.8, 4) is 5.75 Å². The van der Waals surface area contributed by atoms with E-state index in [2.05, 4.69) is 5.32 Å². The number of nitrogens with one attached hydrogen (secondary N) is 1. The molecule has 1 aliphatic carbocycles. The van der Waals surface area contributed by atoms with E-state index < -0.39 is 35.6 Å². The Morgan fingerprint density at radius 1 is 0.750 bits per heavy atom. The third kappa shape index (κ3) is 4.33. The summed E-state index contributed by atoms with van der Waals surface area (Å²) in [6.45, 7) is 1.44. The molecule has 6 nitrogen and oxygen atoms in total. The van der Waals surface area contributed by atoms with Crippen LogP contribution in [0.25, 0.3) is 10.8 Å². The van der Waals surface area contributed by atoms with Crippen molar-refractivity contribution in [2.75, 3.05) is 5.32 Å². The van der Waals surface area contributed by atoms with Crippen molar-refractivity contribution in [2.24, 2.45) is 11.8 Å². The molecule has 0 radical (unpaired) electrons. The molecule has 180 valence electrons. The van der Waals surface area contributed by atoms with Gasteiger partial charge in [0, 0.05) is 29.8 Å². The smallest absolute Gasteiger partial charge is 0.315 e. The first-order valence-corrected chi connectivity index (χ1v) is 11.8. The molecule has 1 fully saturated rings. The molecule has 1 saturated carbocycles. The van der Waals surface area contributed by atoms with Gasteiger partial charge >= 0.3 is 11.9 Å². The third-order valence-electron chi connectivity index (χ3n) is 6.85. The van der Waals surface area contributed by atoms with Crippen LogP contribution in [0.3, 0.4) is 0 Å². The molecule has 1 amide bonds. The monoisotopic (exact) mass is 479 g/mol. The minimum atomic E-state index is -0.933. The molecule has 0 heterocycles. The van der Waals surface area contributed by atoms with Crippen molar-refractivity contribution in [2.45, 2.75) is 18.8 Å². The Morgan fingerprint density at radius 2 is 1.36 bits per heavy atom. The number of fused-ring (bicyclic) bond motifs is 1. The number of benzene rings is 4. The molecule has 4 aromatic rings. The highest BCUT2D eigenvalue weighted by atomic mass is 16.5. The number of ether oxygens (including phenoxy) is 1. The Balaban J connectivity index is 1.52. The fourth-order valence-corrected chi connectivity index (χ4v) is 5.33. The van der Waals surface area contributed by atoms with Crippen LogP contribution in [0.15, 0.2) is 97.1 Å². The summed E-state index contributed by atoms with van der Waals surface area (Å²) in [5.41, 5.74) is 2.25. The summed E-state index contributed by atoms with van der Waals surface area (Å²) in [5, 5.41) is 14.4. The zero-order chi connectivity index (χ0) is 25.2. The normalized spacial score (nSPS) is 20.8. The number of amides is 1. The maximum atomic E-state index is 13.7. The number of aliphatic carboxylic acids is 1. The molecule has 0 aromatic heterocycles. The van der Waals surface area contributed by atoms with Gasteiger partial charge in [-0.3, -0.25) is 14.4 Å². The van der Waals surface area contributed by atoms with Gasteiger partial charge in [0.1, 0.15) is 5.75 Å². The zero-order valence-corrected chi connectivity index (χ0v) is 19.6. The molecular formula is C30H25NO5. The largest absolute Gasteiger partial charge is 0.481 e. The van der Waals surface area contributed by atoms with Gasteiger partial charge in [-0.1, -0.05) is 72.8 Å². The van der Waals surface area contributed by atoms with Crippen LogP contribution < -0.4 is 10.1 Å². The second-order valence-corrected chi connectivity index (χ2v) is 9.06. The summed E-state index contributed by atoms with van der Waals surface area (Å²) in [6.07, 6.45) is 0. The minimum Gasteiger partial charge on any atom is -0.481 e. The van der Waals surface area contributed by atoms with Gasteiger partial charge in [0.2, 0.25) is 5.91 Å². The number of rotatable bonds is 6. The molecule has 6 heteroatoms. The average molecular weight is 480 g/mol. The van der Waals surface area contributed by atoms with Crippen molar-refractivity contribution < 1.29 is 24.2 Å². The summed E-state index contributed by atoms with van der Waals surface area (Å²) >= 11 is 0. The molecule has 0 unspecified atom stereocenters. The van der Waals surface area contributed by atoms with Crippen LogP contribution in [-0.2, 0) is 14.4 Å². The molecule has 4 aromatic carbocycles. The van der Waals surface area contributed by atoms with Crippen LogP contribution in [0.1, 0.15) is 29.9 Å². The van der Waals surface area contributed by atoms with Crippen molar-refractivity contribution in [1.82, 2.24) is 0 Å². The van der Waals surface area contributed by atoms with E-state index in [0.717, 1.165) is 21.9 Å². The quantitative estimate of drug-likeness (QED) is 0.277. The van der Waals surface area contributed by atoms with Gasteiger partial charge < -0.3 is 15.2 Å². The second kappa shape index (κ2) is 9.66. The molecule has 0 saturated heterocycles. The lowest BCUT2D eigenvalue weighted by molar-refractivity contribution is -0.158. The van der Waals surface area contributed by atoms with Crippen LogP contribution in [0.4, 0.5) is 5.69 Å². The number of anilines is 1. The molecule has 2 atom stereocenters. The lowest BCUT2D eigenvalue weighted by Gasteiger charge is -2.49. The van der Waals surface area contributed by atoms with E-state index in [1.807, 2.05) is 72.8 Å². The number of carbonyl (C=O) groups excluding carboxylic acids is 2. The highest BCUT2D eigenvalue weighted by Crippen LogP contribution is 2.58. The third-order valence-corrected chi connectivity index (χ3v) is 6.85. The van der Waals surface area contributed by atoms with E-state index in [-0.39, 0.29) is 5.91 Å². The lowest BCUT2D eigenvalue weighted by atomic mass is 9.52. The fraction of sp³-hybridized carbons (Fsp3) is 0.167. The first-order chi connectivity index (χ1) is 17.4. The molecule has 1 aliphatic rings. The summed E-state index contributed by atoms with van der Waals surface area (Å²) < 4.78 is 5.96. The van der Waals surface area contributed by atoms with Gasteiger partial charge in [-0.25, -0.2) is 0 Å². The van der Waals surface area contributed by atoms with E-state index in [9.17, 15) is 19.5 Å². The van der Waals surface area contributed by atoms with Gasteiger partial charge in [-0.2, -0.15) is 0 Å². The van der Waals surface area contributed by atoms with Crippen LogP contribution in [0.2, 0.25) is 0 Å². The summed E-state index contributed by atoms with van der Waals surface area (Å²) in [4.78, 5) is 37.5. The summed E-state index contributed by atoms with van der Waals surface area (Å²) in [6, 6.07) is 29.3. The Hall–Kier alpha value is -4.45. The molecule has 0 spiro atoms. The minimum absolute atomic E-state index is 0.172. The fourth-order valence-electron chi connectivity index (χ4n) is 5.33. The Morgan fingerprint density at radius 3 is 1.92 bits per heavy atom. The van der Waals surface area contributed by atoms with Gasteiger partial charge in [-0.15, -0.1) is 0 Å². The van der Waals surface area contributed by atoms with Gasteiger partial charge in [-0.05, 0) is 40.8 Å². The van der Waals surface area contributed by atoms with Gasteiger partial charge in [0.05, 0.1) is 11.8 Å². The van der Waals surface area contributed by atoms with Crippen molar-refractivity contribution in [3.05, 3.63) is 108 Å². The van der Waals surface area contributed by atoms with Crippen molar-refractivity contribution >= 4 is 34.3 Å². The SMILES string of the molecule is CC(=O)Nc1ccc2c(OC(=O)[C@H]3[C@@H](c4ccccc4)[C@H](C(=O)O)[C@@H]3c3ccccc3)cccc2c1. The van der Waals surface area contributed by atoms with Crippen LogP contribution >= 0.6 is 0 Å². The summed E-state index contributed by atoms with van der Waals surface area (Å²) in [7, 11) is 0. The van der Waals surface area contributed by atoms with E-state index in [1.54, 1.807) is 24.3 Å². The number of esters is 1. The highest BCUT2D eigenvalue weighted by Gasteiger charge is 2.59. The number of hydrogen-bond acceptors (Lipinski definition) is 4. The summed E-state index contributed by atoms with van der Waals surface area (Å²) in [5.74, 6) is -3.61. The number of carboxylic acids is 1. The Kier molecular flexibility index (Phi) is 6.25. The van der Waals surface area contributed by atoms with Crippen molar-refractivity contribution in [1.29, 1.82) is 0 Å². The van der Waals surface area contributed by atoms with Crippen LogP contribution in [0.5, 0.6) is 5.75 Å². The first kappa shape index (κ1) is 23.3. The highest BCUT2D eigenvalue weighted by molar-refractivity contribution is 5.96. The number of hydrogen-bond donors (Lipinski definition) is 2. The Bertz CT molecular complexity index is 1390. The predicted molar refractivity (Wildman–Crippen MR) is 137 cm³/mol. The number of carbonyl (C=O) groups is 3. The molecule has 2 N–H and O–H groups in total. The number of carboxylic acid groups (broad SMARTS) is 1. The standard InChI is InChI=1S/C30H25NO5/c1-18(32)31-22-15-16-23-21(17-22)13-8-14-24(23)36-30(35)28-25(19-9-4-2-5-10-19)27(29(33)34)26(28)20-11-6-3-7-12-20/h2-17,25-28H,1H3,(H,31,32)(H,33,34)/t25-,26-,27-,28-/m0/s1. The maximum Gasteiger partial charge on any atom is 0.315 e. The first-order valence-electron chi connectivity index (χ1n) is 11.8. The van der Waals surface area contributed by atoms with E-state index in [0.29, 0.717) is 11.4 Å². The average Bonchev–Trinajstić information content (AvgIpc) is 2.84. The zero-order valence-electron chi connectivity index (χ0n) is 19.6. The van der Waals surface area contributed by atoms with E-state index >= 15 is 0 Å².